The Morgan fingerprint density at radius 3 is 1.72 bits per heavy atom. The summed E-state index contributed by atoms with van der Waals surface area (Å²) in [6.07, 6.45) is -1.81. The maximum atomic E-state index is 15.0. The van der Waals surface area contributed by atoms with Gasteiger partial charge in [-0.1, -0.05) is 82.6 Å². The molecule has 0 aliphatic carbocycles. The van der Waals surface area contributed by atoms with E-state index in [0.29, 0.717) is 45.0 Å². The second kappa shape index (κ2) is 40.9. The fourth-order valence-electron chi connectivity index (χ4n) is 12.2. The summed E-state index contributed by atoms with van der Waals surface area (Å²) in [6.45, 7) is 11.8. The summed E-state index contributed by atoms with van der Waals surface area (Å²) in [7, 11) is 0. The number of nitrogens with one attached hydrogen (secondary N) is 13. The van der Waals surface area contributed by atoms with Gasteiger partial charge in [-0.2, -0.15) is 23.5 Å². The van der Waals surface area contributed by atoms with Crippen molar-refractivity contribution in [2.45, 2.75) is 216 Å². The number of benzene rings is 3. The summed E-state index contributed by atoms with van der Waals surface area (Å²) < 4.78 is 0. The van der Waals surface area contributed by atoms with Crippen molar-refractivity contribution in [2.75, 3.05) is 18.1 Å². The molecule has 4 heterocycles. The van der Waals surface area contributed by atoms with Crippen LogP contribution in [0.3, 0.4) is 0 Å². The van der Waals surface area contributed by atoms with Crippen LogP contribution in [0.2, 0.25) is 0 Å². The molecular weight excluding hydrogens is 1460 g/mol. The largest absolute Gasteiger partial charge is 0.508 e. The van der Waals surface area contributed by atoms with Gasteiger partial charge in [0.1, 0.15) is 83.1 Å². The number of aliphatic hydroxyl groups excluding tert-OH is 2. The monoisotopic (exact) mass is 1560 g/mol. The highest BCUT2D eigenvalue weighted by Crippen LogP contribution is 2.25. The highest BCUT2D eigenvalue weighted by atomic mass is 32.2. The normalized spacial score (nSPS) is 24.7. The zero-order chi connectivity index (χ0) is 80.6. The molecule has 2 aliphatic heterocycles. The minimum Gasteiger partial charge on any atom is -0.508 e. The number of hydrogen-bond donors (Lipinski definition) is 18. The third kappa shape index (κ3) is 26.5. The Kier molecular flexibility index (Phi) is 32.3. The number of fused-ring (bicyclic) bond motifs is 12. The molecule has 13 amide bonds. The first-order chi connectivity index (χ1) is 52.1. The van der Waals surface area contributed by atoms with Gasteiger partial charge in [-0.3, -0.25) is 62.3 Å². The molecule has 0 spiro atoms. The molecule has 3 aromatic carbocycles. The van der Waals surface area contributed by atoms with Gasteiger partial charge in [0, 0.05) is 79.4 Å². The fraction of sp³-hybridized carbons (Fsp3) is 0.500. The third-order valence-corrected chi connectivity index (χ3v) is 20.6. The summed E-state index contributed by atoms with van der Waals surface area (Å²) >= 11 is 2.69. The molecule has 0 unspecified atom stereocenters. The minimum absolute atomic E-state index is 0.0336. The molecule has 19 N–H and O–H groups in total. The van der Waals surface area contributed by atoms with Crippen LogP contribution in [-0.4, -0.2) is 203 Å². The predicted molar refractivity (Wildman–Crippen MR) is 411 cm³/mol. The Morgan fingerprint density at radius 1 is 0.582 bits per heavy atom. The summed E-state index contributed by atoms with van der Waals surface area (Å²) in [5, 5.41) is 75.3. The smallest absolute Gasteiger partial charge is 0.245 e. The van der Waals surface area contributed by atoms with E-state index in [2.05, 4.69) is 73.8 Å². The highest BCUT2D eigenvalue weighted by molar-refractivity contribution is 7.98. The number of thioether (sulfide) groups is 2. The molecule has 1 saturated heterocycles. The standard InChI is InChI=1S/C76H103N15O17S2/c1-9-14-51-66(100)89-61(42(3)93)72(106)86-57(63(77)98)40-110-39-46-16-12-15-45(33-46)38-109-32-29-59(97)88-62(75(4,5)6)73(107)85-55(35-44-21-25-49(95)26-22-44)69(103)82-52-18-10-11-30-78-58(96)28-27-53(65(99)83-54(68(102)81-51)34-43-19-23-48(94)24-20-43)87-74(108)76(7,8)91-70(104)56(84-71(105)60(41(2)92)90-67(52)101)36-47-37-80-64-50(47)17-13-31-79-64/h12-13,15-17,19-26,31,33,37,41-42,51-57,60-62,92-95H,9-11,14,18,27-30,32,34-36,38-40H2,1-8H3,(H2,77,98)(H,78,96)(H,79,80)(H,81,102)(H,82,103)(H,83,99)(H,84,105)(H,85,107)(H,86,106)(H,87,108)(H,88,97)(H,89,100)(H,90,101)(H,91,104)/t41-,42-,51+,52+,53+,54+,55+,56+,57+,60+,61+,62-/m1/s1. The van der Waals surface area contributed by atoms with Crippen LogP contribution in [0.1, 0.15) is 135 Å². The number of carbonyl (C=O) groups is 13. The van der Waals surface area contributed by atoms with Crippen LogP contribution in [0.25, 0.3) is 11.0 Å². The summed E-state index contributed by atoms with van der Waals surface area (Å²) in [4.78, 5) is 195. The number of hydrogen-bond acceptors (Lipinski definition) is 20. The molecule has 32 nitrogen and oxygen atoms in total. The summed E-state index contributed by atoms with van der Waals surface area (Å²) in [6, 6.07) is 6.71. The second-order valence-corrected chi connectivity index (χ2v) is 31.3. The molecule has 1 fully saturated rings. The quantitative estimate of drug-likeness (QED) is 0.0855. The van der Waals surface area contributed by atoms with Gasteiger partial charge in [-0.15, -0.1) is 0 Å². The Hall–Kier alpha value is -10.3. The lowest BCUT2D eigenvalue weighted by molar-refractivity contribution is -0.138. The van der Waals surface area contributed by atoms with Crippen molar-refractivity contribution in [2.24, 2.45) is 11.1 Å². The van der Waals surface area contributed by atoms with Gasteiger partial charge >= 0.3 is 0 Å². The van der Waals surface area contributed by atoms with Gasteiger partial charge in [0.2, 0.25) is 76.8 Å². The number of aromatic amines is 1. The van der Waals surface area contributed by atoms with E-state index in [9.17, 15) is 73.2 Å². The number of pyridine rings is 1. The number of aliphatic hydroxyl groups is 2. The Bertz CT molecular complexity index is 4080. The summed E-state index contributed by atoms with van der Waals surface area (Å²) in [5.41, 5.74) is 6.23. The molecular formula is C76H103N15O17S2. The number of amides is 13. The van der Waals surface area contributed by atoms with E-state index in [1.807, 2.05) is 24.3 Å². The topological polar surface area (TPSA) is 502 Å². The van der Waals surface area contributed by atoms with Gasteiger partial charge in [0.15, 0.2) is 0 Å². The molecule has 12 atom stereocenters. The molecule has 34 heteroatoms. The van der Waals surface area contributed by atoms with Crippen molar-refractivity contribution in [3.8, 4) is 11.5 Å². The van der Waals surface area contributed by atoms with Crippen molar-refractivity contribution in [3.63, 3.8) is 0 Å². The fourth-order valence-corrected chi connectivity index (χ4v) is 14.1. The van der Waals surface area contributed by atoms with Crippen LogP contribution < -0.4 is 69.5 Å². The third-order valence-electron chi connectivity index (χ3n) is 18.5. The van der Waals surface area contributed by atoms with Crippen LogP contribution in [0.15, 0.2) is 97.3 Å². The van der Waals surface area contributed by atoms with E-state index >= 15 is 9.59 Å². The Morgan fingerprint density at radius 2 is 1.12 bits per heavy atom. The number of rotatable bonds is 11. The minimum atomic E-state index is -2.01. The van der Waals surface area contributed by atoms with Crippen molar-refractivity contribution in [1.29, 1.82) is 0 Å². The van der Waals surface area contributed by atoms with Gasteiger partial charge in [-0.25, -0.2) is 4.98 Å². The number of phenolic OH excluding ortho intramolecular Hbond substituents is 2. The van der Waals surface area contributed by atoms with E-state index in [1.54, 1.807) is 46.0 Å². The van der Waals surface area contributed by atoms with E-state index in [1.165, 1.54) is 106 Å². The van der Waals surface area contributed by atoms with E-state index < -0.39 is 173 Å². The Labute approximate surface area is 646 Å². The zero-order valence-electron chi connectivity index (χ0n) is 62.9. The first kappa shape index (κ1) is 86.9. The lowest BCUT2D eigenvalue weighted by atomic mass is 9.85. The number of nitrogens with two attached hydrogens (primary N) is 1. The molecule has 5 aromatic rings. The van der Waals surface area contributed by atoms with Crippen LogP contribution >= 0.6 is 23.5 Å². The number of H-pyrrole nitrogens is 1. The number of primary amides is 1. The van der Waals surface area contributed by atoms with E-state index in [4.69, 9.17) is 5.73 Å². The van der Waals surface area contributed by atoms with Crippen LogP contribution in [0.4, 0.5) is 0 Å². The van der Waals surface area contributed by atoms with Crippen molar-refractivity contribution >= 4 is 111 Å². The van der Waals surface area contributed by atoms with Gasteiger partial charge in [0.05, 0.1) is 12.2 Å². The van der Waals surface area contributed by atoms with Crippen LogP contribution in [0.5, 0.6) is 11.5 Å². The van der Waals surface area contributed by atoms with Crippen LogP contribution in [-0.2, 0) is 93.1 Å². The van der Waals surface area contributed by atoms with Crippen molar-refractivity contribution < 1.29 is 82.8 Å². The molecule has 2 aromatic heterocycles. The highest BCUT2D eigenvalue weighted by Gasteiger charge is 2.41. The molecule has 0 saturated carbocycles. The number of aromatic nitrogens is 2. The van der Waals surface area contributed by atoms with E-state index in [0.717, 1.165) is 11.1 Å². The second-order valence-electron chi connectivity index (χ2n) is 29.2. The van der Waals surface area contributed by atoms with Crippen molar-refractivity contribution in [1.82, 2.24) is 73.8 Å². The SMILES string of the molecule is CCC[C@@H]1NC(=O)[C@H](Cc2ccc(O)cc2)NC(=O)[C@@H]2CCC(=O)NCCCC[C@H](NC(=O)[C@H](Cc3ccc(O)cc3)NC(=O)[C@H](C(C)(C)C)NC(=O)CCSCc3cccc(c3)CSC[C@@H](C(N)=O)NC(=O)[C@H]([C@@H](C)O)NC1=O)C(=O)N[C@@H]([C@@H](C)O)C(=O)N[C@@H](Cc1c[nH]c3ncccc13)C(=O)NC(C)(C)C(=O)N2. The van der Waals surface area contributed by atoms with Gasteiger partial charge in [0.25, 0.3) is 0 Å². The maximum absolute atomic E-state index is 15.0. The molecule has 110 heavy (non-hydrogen) atoms. The average Bonchev–Trinajstić information content (AvgIpc) is 1.53. The zero-order valence-corrected chi connectivity index (χ0v) is 64.5. The lowest BCUT2D eigenvalue weighted by Crippen LogP contribution is -2.64. The molecule has 7 rings (SSSR count). The lowest BCUT2D eigenvalue weighted by Gasteiger charge is -2.32. The molecule has 2 aliphatic rings. The number of aromatic hydroxyl groups is 2. The molecule has 596 valence electrons. The van der Waals surface area contributed by atoms with Gasteiger partial charge in [-0.05, 0) is 129 Å². The van der Waals surface area contributed by atoms with Gasteiger partial charge < -0.3 is 94.9 Å². The maximum Gasteiger partial charge on any atom is 0.245 e. The predicted octanol–water partition coefficient (Wildman–Crippen LogP) is 0.488. The summed E-state index contributed by atoms with van der Waals surface area (Å²) in [5.74, 6) is -11.0. The average molecular weight is 1560 g/mol. The number of nitrogens with zero attached hydrogens (tertiary/aromatic N) is 1. The first-order valence-electron chi connectivity index (χ1n) is 36.6. The van der Waals surface area contributed by atoms with Crippen molar-refractivity contribution in [3.05, 3.63) is 125 Å². The molecule has 4 bridgehead atoms. The van der Waals surface area contributed by atoms with Crippen LogP contribution in [0, 0.1) is 5.41 Å². The number of phenols is 2. The number of carbonyl (C=O) groups excluding carboxylic acids is 13. The Balaban J connectivity index is 1.29. The van der Waals surface area contributed by atoms with E-state index in [-0.39, 0.29) is 81.6 Å². The molecule has 0 radical (unpaired) electrons. The first-order valence-corrected chi connectivity index (χ1v) is 38.9.